The van der Waals surface area contributed by atoms with Crippen LogP contribution in [0.2, 0.25) is 0 Å². The highest BCUT2D eigenvalue weighted by atomic mass is 79.9. The van der Waals surface area contributed by atoms with E-state index in [0.29, 0.717) is 5.69 Å². The number of rotatable bonds is 3. The van der Waals surface area contributed by atoms with E-state index in [9.17, 15) is 4.79 Å². The Morgan fingerprint density at radius 3 is 2.70 bits per heavy atom. The van der Waals surface area contributed by atoms with Crippen molar-refractivity contribution in [3.05, 3.63) is 57.2 Å². The molecule has 4 nitrogen and oxygen atoms in total. The summed E-state index contributed by atoms with van der Waals surface area (Å²) in [6, 6.07) is 9.76. The summed E-state index contributed by atoms with van der Waals surface area (Å²) in [6.07, 6.45) is 0.186. The molecule has 1 heterocycles. The number of carbonyl (C=O) groups is 1. The number of anilines is 1. The average molecular weight is 373 g/mol. The largest absolute Gasteiger partial charge is 0.356 e. The molecule has 0 radical (unpaired) electrons. The predicted octanol–water partition coefficient (Wildman–Crippen LogP) is 4.70. The van der Waals surface area contributed by atoms with Gasteiger partial charge < -0.3 is 9.84 Å². The minimum Gasteiger partial charge on any atom is -0.356 e. The Kier molecular flexibility index (Phi) is 4.22. The molecule has 0 aliphatic rings. The highest BCUT2D eigenvalue weighted by Gasteiger charge is 2.14. The maximum Gasteiger partial charge on any atom is 0.230 e. The topological polar surface area (TPSA) is 55.1 Å². The molecule has 1 amide bonds. The first-order valence-corrected chi connectivity index (χ1v) is 8.15. The van der Waals surface area contributed by atoms with Crippen molar-refractivity contribution in [2.24, 2.45) is 0 Å². The summed E-state index contributed by atoms with van der Waals surface area (Å²) in [4.78, 5) is 12.3. The van der Waals surface area contributed by atoms with Crippen LogP contribution in [-0.2, 0) is 11.2 Å². The Bertz CT molecular complexity index is 899. The van der Waals surface area contributed by atoms with Gasteiger partial charge in [0.05, 0.1) is 6.42 Å². The molecule has 0 aliphatic heterocycles. The minimum absolute atomic E-state index is 0.110. The Hall–Kier alpha value is -2.14. The first-order chi connectivity index (χ1) is 10.9. The van der Waals surface area contributed by atoms with Crippen LogP contribution in [0.15, 0.2) is 39.3 Å². The molecule has 3 aromatic rings. The summed E-state index contributed by atoms with van der Waals surface area (Å²) in [5, 5.41) is 7.88. The van der Waals surface area contributed by atoms with E-state index in [4.69, 9.17) is 4.52 Å². The van der Waals surface area contributed by atoms with E-state index in [-0.39, 0.29) is 12.3 Å². The highest BCUT2D eigenvalue weighted by Crippen LogP contribution is 2.25. The van der Waals surface area contributed by atoms with Crippen LogP contribution in [0.25, 0.3) is 11.0 Å². The fourth-order valence-electron chi connectivity index (χ4n) is 2.65. The zero-order chi connectivity index (χ0) is 16.6. The summed E-state index contributed by atoms with van der Waals surface area (Å²) < 4.78 is 6.40. The monoisotopic (exact) mass is 372 g/mol. The molecular formula is C18H17BrN2O2. The van der Waals surface area contributed by atoms with Crippen molar-refractivity contribution in [1.82, 2.24) is 5.16 Å². The summed E-state index contributed by atoms with van der Waals surface area (Å²) in [5.41, 5.74) is 5.42. The molecule has 0 bridgehead atoms. The van der Waals surface area contributed by atoms with E-state index >= 15 is 0 Å². The fraction of sp³-hybridized carbons (Fsp3) is 0.222. The van der Waals surface area contributed by atoms with Crippen LogP contribution >= 0.6 is 15.9 Å². The van der Waals surface area contributed by atoms with Crippen molar-refractivity contribution in [3.63, 3.8) is 0 Å². The Balaban J connectivity index is 1.81. The average Bonchev–Trinajstić information content (AvgIpc) is 2.86. The van der Waals surface area contributed by atoms with Gasteiger partial charge in [-0.2, -0.15) is 0 Å². The molecule has 2 aromatic carbocycles. The number of nitrogens with one attached hydrogen (secondary N) is 1. The standard InChI is InChI=1S/C18H17BrN2O2/c1-10-6-12(3)18-14(7-10)16(21-23-18)9-17(22)20-13-4-5-15(19)11(2)8-13/h4-8H,9H2,1-3H3,(H,20,22). The minimum atomic E-state index is -0.110. The van der Waals surface area contributed by atoms with Crippen molar-refractivity contribution in [2.75, 3.05) is 5.32 Å². The molecule has 0 spiro atoms. The van der Waals surface area contributed by atoms with Gasteiger partial charge in [0.1, 0.15) is 5.69 Å². The van der Waals surface area contributed by atoms with Gasteiger partial charge in [-0.3, -0.25) is 4.79 Å². The normalized spacial score (nSPS) is 11.0. The number of aromatic nitrogens is 1. The quantitative estimate of drug-likeness (QED) is 0.724. The number of hydrogen-bond donors (Lipinski definition) is 1. The molecule has 0 unspecified atom stereocenters. The molecule has 0 atom stereocenters. The molecule has 3 rings (SSSR count). The lowest BCUT2D eigenvalue weighted by Gasteiger charge is -2.06. The smallest absolute Gasteiger partial charge is 0.230 e. The maximum atomic E-state index is 12.3. The molecule has 5 heteroatoms. The van der Waals surface area contributed by atoms with Crippen molar-refractivity contribution in [1.29, 1.82) is 0 Å². The van der Waals surface area contributed by atoms with E-state index in [0.717, 1.165) is 37.8 Å². The van der Waals surface area contributed by atoms with E-state index in [1.807, 2.05) is 51.1 Å². The zero-order valence-corrected chi connectivity index (χ0v) is 14.8. The van der Waals surface area contributed by atoms with Gasteiger partial charge >= 0.3 is 0 Å². The van der Waals surface area contributed by atoms with E-state index in [1.165, 1.54) is 0 Å². The van der Waals surface area contributed by atoms with E-state index in [1.54, 1.807) is 0 Å². The van der Waals surface area contributed by atoms with Crippen LogP contribution in [0, 0.1) is 20.8 Å². The number of hydrogen-bond acceptors (Lipinski definition) is 3. The Morgan fingerprint density at radius 2 is 1.96 bits per heavy atom. The Labute approximate surface area is 143 Å². The van der Waals surface area contributed by atoms with Gasteiger partial charge in [0.2, 0.25) is 5.91 Å². The number of carbonyl (C=O) groups excluding carboxylic acids is 1. The Morgan fingerprint density at radius 1 is 1.17 bits per heavy atom. The molecule has 118 valence electrons. The third-order valence-electron chi connectivity index (χ3n) is 3.75. The third-order valence-corrected chi connectivity index (χ3v) is 4.64. The number of halogens is 1. The molecule has 0 saturated heterocycles. The van der Waals surface area contributed by atoms with Crippen LogP contribution in [-0.4, -0.2) is 11.1 Å². The van der Waals surface area contributed by atoms with Crippen LogP contribution in [0.3, 0.4) is 0 Å². The molecule has 23 heavy (non-hydrogen) atoms. The molecule has 1 aromatic heterocycles. The second-order valence-corrected chi connectivity index (χ2v) is 6.63. The molecule has 1 N–H and O–H groups in total. The van der Waals surface area contributed by atoms with Crippen LogP contribution < -0.4 is 5.32 Å². The van der Waals surface area contributed by atoms with Crippen molar-refractivity contribution in [3.8, 4) is 0 Å². The number of amides is 1. The highest BCUT2D eigenvalue weighted by molar-refractivity contribution is 9.10. The summed E-state index contributed by atoms with van der Waals surface area (Å²) in [6.45, 7) is 5.99. The maximum absolute atomic E-state index is 12.3. The van der Waals surface area contributed by atoms with Crippen LogP contribution in [0.5, 0.6) is 0 Å². The zero-order valence-electron chi connectivity index (χ0n) is 13.2. The van der Waals surface area contributed by atoms with Crippen molar-refractivity contribution >= 4 is 38.5 Å². The second kappa shape index (κ2) is 6.16. The lowest BCUT2D eigenvalue weighted by Crippen LogP contribution is -2.14. The third kappa shape index (κ3) is 3.29. The molecular weight excluding hydrogens is 356 g/mol. The molecule has 0 aliphatic carbocycles. The molecule has 0 saturated carbocycles. The van der Waals surface area contributed by atoms with Gasteiger partial charge in [0.25, 0.3) is 0 Å². The van der Waals surface area contributed by atoms with Crippen LogP contribution in [0.4, 0.5) is 5.69 Å². The lowest BCUT2D eigenvalue weighted by atomic mass is 10.1. The van der Waals surface area contributed by atoms with Gasteiger partial charge in [0, 0.05) is 15.5 Å². The fourth-order valence-corrected chi connectivity index (χ4v) is 2.89. The number of nitrogens with zero attached hydrogens (tertiary/aromatic N) is 1. The first-order valence-electron chi connectivity index (χ1n) is 7.35. The summed E-state index contributed by atoms with van der Waals surface area (Å²) >= 11 is 3.45. The van der Waals surface area contributed by atoms with Gasteiger partial charge in [-0.05, 0) is 61.7 Å². The van der Waals surface area contributed by atoms with Gasteiger partial charge in [-0.25, -0.2) is 0 Å². The van der Waals surface area contributed by atoms with E-state index < -0.39 is 0 Å². The SMILES string of the molecule is Cc1cc(C)c2onc(CC(=O)Nc3ccc(Br)c(C)c3)c2c1. The summed E-state index contributed by atoms with van der Waals surface area (Å²) in [7, 11) is 0. The lowest BCUT2D eigenvalue weighted by molar-refractivity contribution is -0.115. The number of benzene rings is 2. The molecule has 0 fully saturated rings. The number of aryl methyl sites for hydroxylation is 3. The first kappa shape index (κ1) is 15.7. The second-order valence-electron chi connectivity index (χ2n) is 5.78. The van der Waals surface area contributed by atoms with Gasteiger partial charge in [-0.1, -0.05) is 27.2 Å². The summed E-state index contributed by atoms with van der Waals surface area (Å²) in [5.74, 6) is -0.110. The van der Waals surface area contributed by atoms with E-state index in [2.05, 4.69) is 26.4 Å². The van der Waals surface area contributed by atoms with Crippen molar-refractivity contribution < 1.29 is 9.32 Å². The van der Waals surface area contributed by atoms with Gasteiger partial charge in [0.15, 0.2) is 5.58 Å². The van der Waals surface area contributed by atoms with Crippen LogP contribution in [0.1, 0.15) is 22.4 Å². The van der Waals surface area contributed by atoms with Gasteiger partial charge in [-0.15, -0.1) is 0 Å². The number of fused-ring (bicyclic) bond motifs is 1. The van der Waals surface area contributed by atoms with Crippen molar-refractivity contribution in [2.45, 2.75) is 27.2 Å². The predicted molar refractivity (Wildman–Crippen MR) is 94.7 cm³/mol.